The maximum absolute atomic E-state index is 12.4. The van der Waals surface area contributed by atoms with Crippen LogP contribution in [0.4, 0.5) is 4.79 Å². The SMILES string of the molecule is CCOC(=O)N1CCN(C(=O)CSc2nnnn2Cc2cccs2)CC1. The molecule has 1 aliphatic rings. The number of hydrogen-bond acceptors (Lipinski definition) is 8. The van der Waals surface area contributed by atoms with Gasteiger partial charge in [0.2, 0.25) is 11.1 Å². The average molecular weight is 396 g/mol. The number of ether oxygens (including phenoxy) is 1. The van der Waals surface area contributed by atoms with Crippen molar-refractivity contribution in [1.29, 1.82) is 0 Å². The summed E-state index contributed by atoms with van der Waals surface area (Å²) < 4.78 is 6.68. The van der Waals surface area contributed by atoms with Gasteiger partial charge >= 0.3 is 6.09 Å². The minimum atomic E-state index is -0.318. The predicted molar refractivity (Wildman–Crippen MR) is 97.1 cm³/mol. The zero-order valence-electron chi connectivity index (χ0n) is 14.4. The third-order valence-corrected chi connectivity index (χ3v) is 5.67. The highest BCUT2D eigenvalue weighted by atomic mass is 32.2. The van der Waals surface area contributed by atoms with Crippen LogP contribution in [-0.2, 0) is 16.1 Å². The van der Waals surface area contributed by atoms with Crippen molar-refractivity contribution >= 4 is 35.1 Å². The Hall–Kier alpha value is -2.14. The van der Waals surface area contributed by atoms with Gasteiger partial charge in [0.25, 0.3) is 0 Å². The molecule has 0 radical (unpaired) electrons. The minimum Gasteiger partial charge on any atom is -0.450 e. The molecule has 0 aliphatic carbocycles. The first-order valence-electron chi connectivity index (χ1n) is 8.28. The minimum absolute atomic E-state index is 0.0178. The summed E-state index contributed by atoms with van der Waals surface area (Å²) >= 11 is 2.97. The lowest BCUT2D eigenvalue weighted by molar-refractivity contribution is -0.129. The van der Waals surface area contributed by atoms with Crippen molar-refractivity contribution in [1.82, 2.24) is 30.0 Å². The highest BCUT2D eigenvalue weighted by Crippen LogP contribution is 2.18. The summed E-state index contributed by atoms with van der Waals surface area (Å²) in [6.07, 6.45) is -0.318. The lowest BCUT2D eigenvalue weighted by Crippen LogP contribution is -2.51. The van der Waals surface area contributed by atoms with Crippen molar-refractivity contribution in [3.63, 3.8) is 0 Å². The van der Waals surface area contributed by atoms with Crippen LogP contribution in [0.5, 0.6) is 0 Å². The normalized spacial score (nSPS) is 14.5. The van der Waals surface area contributed by atoms with Crippen molar-refractivity contribution in [2.24, 2.45) is 0 Å². The van der Waals surface area contributed by atoms with E-state index in [9.17, 15) is 9.59 Å². The molecule has 2 amide bonds. The first-order valence-corrected chi connectivity index (χ1v) is 10.1. The van der Waals surface area contributed by atoms with Crippen LogP contribution >= 0.6 is 23.1 Å². The lowest BCUT2D eigenvalue weighted by Gasteiger charge is -2.33. The van der Waals surface area contributed by atoms with E-state index in [1.807, 2.05) is 17.5 Å². The molecule has 9 nitrogen and oxygen atoms in total. The van der Waals surface area contributed by atoms with Gasteiger partial charge in [0.05, 0.1) is 18.9 Å². The van der Waals surface area contributed by atoms with Crippen molar-refractivity contribution in [2.45, 2.75) is 18.6 Å². The van der Waals surface area contributed by atoms with E-state index in [0.29, 0.717) is 44.5 Å². The molecular weight excluding hydrogens is 376 g/mol. The number of carbonyl (C=O) groups is 2. The second-order valence-corrected chi connectivity index (χ2v) is 7.53. The van der Waals surface area contributed by atoms with Crippen molar-refractivity contribution in [3.05, 3.63) is 22.4 Å². The zero-order valence-corrected chi connectivity index (χ0v) is 16.0. The first kappa shape index (κ1) is 18.6. The number of tetrazole rings is 1. The van der Waals surface area contributed by atoms with Crippen LogP contribution in [0.15, 0.2) is 22.7 Å². The van der Waals surface area contributed by atoms with Gasteiger partial charge in [-0.15, -0.1) is 16.4 Å². The van der Waals surface area contributed by atoms with Gasteiger partial charge in [0, 0.05) is 31.1 Å². The predicted octanol–water partition coefficient (Wildman–Crippen LogP) is 1.18. The Balaban J connectivity index is 1.46. The van der Waals surface area contributed by atoms with Crippen LogP contribution in [0.1, 0.15) is 11.8 Å². The highest BCUT2D eigenvalue weighted by molar-refractivity contribution is 7.99. The summed E-state index contributed by atoms with van der Waals surface area (Å²) in [6.45, 7) is 4.74. The van der Waals surface area contributed by atoms with E-state index in [1.165, 1.54) is 11.8 Å². The van der Waals surface area contributed by atoms with E-state index in [2.05, 4.69) is 15.5 Å². The third-order valence-electron chi connectivity index (χ3n) is 3.87. The number of thiophene rings is 1. The van der Waals surface area contributed by atoms with E-state index >= 15 is 0 Å². The monoisotopic (exact) mass is 396 g/mol. The third kappa shape index (κ3) is 4.73. The maximum Gasteiger partial charge on any atom is 0.409 e. The molecule has 2 aromatic heterocycles. The molecular formula is C15H20N6O3S2. The number of aromatic nitrogens is 4. The van der Waals surface area contributed by atoms with Crippen LogP contribution in [0.25, 0.3) is 0 Å². The molecule has 1 fully saturated rings. The highest BCUT2D eigenvalue weighted by Gasteiger charge is 2.25. The molecule has 3 rings (SSSR count). The fraction of sp³-hybridized carbons (Fsp3) is 0.533. The largest absolute Gasteiger partial charge is 0.450 e. The molecule has 0 aromatic carbocycles. The van der Waals surface area contributed by atoms with Gasteiger partial charge in [-0.3, -0.25) is 4.79 Å². The Bertz CT molecular complexity index is 728. The molecule has 0 atom stereocenters. The quantitative estimate of drug-likeness (QED) is 0.677. The summed E-state index contributed by atoms with van der Waals surface area (Å²) in [6, 6.07) is 4.01. The van der Waals surface area contributed by atoms with E-state index in [4.69, 9.17) is 4.74 Å². The van der Waals surface area contributed by atoms with Crippen LogP contribution in [-0.4, -0.2) is 80.5 Å². The number of amides is 2. The molecule has 0 saturated carbocycles. The lowest BCUT2D eigenvalue weighted by atomic mass is 10.3. The van der Waals surface area contributed by atoms with Gasteiger partial charge in [-0.1, -0.05) is 17.8 Å². The van der Waals surface area contributed by atoms with E-state index in [1.54, 1.807) is 32.7 Å². The van der Waals surface area contributed by atoms with Gasteiger partial charge in [0.1, 0.15) is 0 Å². The zero-order chi connectivity index (χ0) is 18.4. The molecule has 1 saturated heterocycles. The Labute approximate surface area is 159 Å². The molecule has 2 aromatic rings. The number of piperazine rings is 1. The van der Waals surface area contributed by atoms with E-state index in [-0.39, 0.29) is 17.8 Å². The molecule has 11 heteroatoms. The average Bonchev–Trinajstić information content (AvgIpc) is 3.32. The number of thioether (sulfide) groups is 1. The summed E-state index contributed by atoms with van der Waals surface area (Å²) in [5, 5.41) is 14.3. The fourth-order valence-corrected chi connectivity index (χ4v) is 3.99. The van der Waals surface area contributed by atoms with Crippen LogP contribution in [0, 0.1) is 0 Å². The Morgan fingerprint density at radius 2 is 2.04 bits per heavy atom. The molecule has 0 bridgehead atoms. The van der Waals surface area contributed by atoms with Gasteiger partial charge in [-0.2, -0.15) is 0 Å². The number of nitrogens with zero attached hydrogens (tertiary/aromatic N) is 6. The number of rotatable bonds is 6. The van der Waals surface area contributed by atoms with Gasteiger partial charge in [-0.05, 0) is 28.8 Å². The van der Waals surface area contributed by atoms with E-state index in [0.717, 1.165) is 4.88 Å². The molecule has 140 valence electrons. The maximum atomic E-state index is 12.4. The second-order valence-electron chi connectivity index (χ2n) is 5.55. The van der Waals surface area contributed by atoms with Gasteiger partial charge in [-0.25, -0.2) is 9.48 Å². The molecule has 26 heavy (non-hydrogen) atoms. The second kappa shape index (κ2) is 8.99. The van der Waals surface area contributed by atoms with Gasteiger partial charge in [0.15, 0.2) is 0 Å². The topological polar surface area (TPSA) is 93.4 Å². The summed E-state index contributed by atoms with van der Waals surface area (Å²) in [5.74, 6) is 0.286. The van der Waals surface area contributed by atoms with Crippen LogP contribution in [0.3, 0.4) is 0 Å². The Morgan fingerprint density at radius 1 is 1.27 bits per heavy atom. The number of carbonyl (C=O) groups excluding carboxylic acids is 2. The van der Waals surface area contributed by atoms with Crippen molar-refractivity contribution < 1.29 is 14.3 Å². The summed E-state index contributed by atoms with van der Waals surface area (Å²) in [4.78, 5) is 28.7. The molecule has 3 heterocycles. The Kier molecular flexibility index (Phi) is 6.45. The summed E-state index contributed by atoms with van der Waals surface area (Å²) in [5.41, 5.74) is 0. The standard InChI is InChI=1S/C15H20N6O3S2/c1-2-24-15(23)20-7-5-19(6-8-20)13(22)11-26-14-16-17-18-21(14)10-12-4-3-9-25-12/h3-4,9H,2,5-8,10-11H2,1H3. The molecule has 1 aliphatic heterocycles. The Morgan fingerprint density at radius 3 is 2.73 bits per heavy atom. The fourth-order valence-electron chi connectivity index (χ4n) is 2.52. The smallest absolute Gasteiger partial charge is 0.409 e. The molecule has 0 spiro atoms. The van der Waals surface area contributed by atoms with Gasteiger partial charge < -0.3 is 14.5 Å². The summed E-state index contributed by atoms with van der Waals surface area (Å²) in [7, 11) is 0. The molecule has 0 unspecified atom stereocenters. The van der Waals surface area contributed by atoms with E-state index < -0.39 is 0 Å². The number of hydrogen-bond donors (Lipinski definition) is 0. The molecule has 0 N–H and O–H groups in total. The van der Waals surface area contributed by atoms with Crippen LogP contribution in [0.2, 0.25) is 0 Å². The van der Waals surface area contributed by atoms with Crippen molar-refractivity contribution in [2.75, 3.05) is 38.5 Å². The first-order chi connectivity index (χ1) is 12.7. The van der Waals surface area contributed by atoms with Crippen LogP contribution < -0.4 is 0 Å². The van der Waals surface area contributed by atoms with Crippen molar-refractivity contribution in [3.8, 4) is 0 Å².